The number of rotatable bonds is 1. The molecule has 4 heteroatoms. The number of hydrogen-bond acceptors (Lipinski definition) is 1. The number of halogens is 2. The molecule has 0 aromatic heterocycles. The Hall–Kier alpha value is -1.51. The lowest BCUT2D eigenvalue weighted by Gasteiger charge is -2.09. The van der Waals surface area contributed by atoms with Gasteiger partial charge >= 0.3 is 0 Å². The summed E-state index contributed by atoms with van der Waals surface area (Å²) < 4.78 is 0. The first-order chi connectivity index (χ1) is 9.61. The quantitative estimate of drug-likeness (QED) is 0.832. The van der Waals surface area contributed by atoms with Crippen molar-refractivity contribution in [1.82, 2.24) is 0 Å². The van der Waals surface area contributed by atoms with Crippen molar-refractivity contribution in [3.8, 4) is 0 Å². The highest BCUT2D eigenvalue weighted by atomic mass is 35.5. The summed E-state index contributed by atoms with van der Waals surface area (Å²) >= 11 is 12.0. The number of benzene rings is 2. The standard InChI is InChI=1S/C16H11Cl2NO/c17-10-3-1-9(2-4-10)13-8-16(13)12-7-11(18)5-6-14(12)19-15(16)20/h1-7,13H,8H2,(H,19,20). The fourth-order valence-corrected chi connectivity index (χ4v) is 3.56. The number of carbonyl (C=O) groups excluding carboxylic acids is 1. The average molecular weight is 304 g/mol. The molecule has 1 saturated carbocycles. The molecule has 20 heavy (non-hydrogen) atoms. The largest absolute Gasteiger partial charge is 0.325 e. The molecule has 0 radical (unpaired) electrons. The van der Waals surface area contributed by atoms with Crippen LogP contribution in [-0.4, -0.2) is 5.91 Å². The number of amides is 1. The molecule has 0 saturated heterocycles. The molecular formula is C16H11Cl2NO. The normalized spacial score (nSPS) is 26.5. The second-order valence-corrected chi connectivity index (χ2v) is 6.30. The zero-order valence-electron chi connectivity index (χ0n) is 10.5. The highest BCUT2D eigenvalue weighted by molar-refractivity contribution is 6.31. The molecule has 1 heterocycles. The van der Waals surface area contributed by atoms with Gasteiger partial charge < -0.3 is 5.32 Å². The van der Waals surface area contributed by atoms with E-state index in [2.05, 4.69) is 5.32 Å². The molecule has 1 fully saturated rings. The van der Waals surface area contributed by atoms with Crippen LogP contribution in [-0.2, 0) is 10.2 Å². The molecule has 2 unspecified atom stereocenters. The fraction of sp³-hybridized carbons (Fsp3) is 0.188. The predicted octanol–water partition coefficient (Wildman–Crippen LogP) is 4.37. The van der Waals surface area contributed by atoms with Crippen LogP contribution in [0.2, 0.25) is 10.0 Å². The maximum atomic E-state index is 12.4. The van der Waals surface area contributed by atoms with Crippen LogP contribution >= 0.6 is 23.2 Å². The molecule has 2 atom stereocenters. The lowest BCUT2D eigenvalue weighted by molar-refractivity contribution is -0.118. The summed E-state index contributed by atoms with van der Waals surface area (Å²) in [6, 6.07) is 13.3. The Morgan fingerprint density at radius 1 is 1.05 bits per heavy atom. The Morgan fingerprint density at radius 2 is 1.75 bits per heavy atom. The van der Waals surface area contributed by atoms with Gasteiger partial charge in [0.15, 0.2) is 0 Å². The first-order valence-corrected chi connectivity index (χ1v) is 7.24. The predicted molar refractivity (Wildman–Crippen MR) is 80.6 cm³/mol. The molecule has 100 valence electrons. The van der Waals surface area contributed by atoms with E-state index in [4.69, 9.17) is 23.2 Å². The van der Waals surface area contributed by atoms with Gasteiger partial charge in [-0.3, -0.25) is 4.79 Å². The Bertz CT molecular complexity index is 726. The minimum Gasteiger partial charge on any atom is -0.325 e. The molecule has 0 bridgehead atoms. The third-order valence-corrected chi connectivity index (χ3v) is 4.84. The van der Waals surface area contributed by atoms with Crippen molar-refractivity contribution < 1.29 is 4.79 Å². The van der Waals surface area contributed by atoms with Crippen molar-refractivity contribution in [2.75, 3.05) is 5.32 Å². The highest BCUT2D eigenvalue weighted by Crippen LogP contribution is 2.65. The van der Waals surface area contributed by atoms with Gasteiger partial charge in [0.25, 0.3) is 0 Å². The minimum absolute atomic E-state index is 0.0784. The SMILES string of the molecule is O=C1Nc2ccc(Cl)cc2C12CC2c1ccc(Cl)cc1. The summed E-state index contributed by atoms with van der Waals surface area (Å²) in [6.45, 7) is 0. The molecule has 1 spiro atoms. The van der Waals surface area contributed by atoms with E-state index in [1.807, 2.05) is 36.4 Å². The second kappa shape index (κ2) is 4.00. The molecule has 1 aliphatic heterocycles. The third-order valence-electron chi connectivity index (χ3n) is 4.35. The lowest BCUT2D eigenvalue weighted by atomic mass is 9.92. The molecule has 1 aliphatic carbocycles. The van der Waals surface area contributed by atoms with E-state index >= 15 is 0 Å². The van der Waals surface area contributed by atoms with E-state index in [1.165, 1.54) is 0 Å². The van der Waals surface area contributed by atoms with Gasteiger partial charge in [-0.1, -0.05) is 35.3 Å². The molecular weight excluding hydrogens is 293 g/mol. The van der Waals surface area contributed by atoms with E-state index in [1.54, 1.807) is 6.07 Å². The lowest BCUT2D eigenvalue weighted by Crippen LogP contribution is -2.20. The number of hydrogen-bond donors (Lipinski definition) is 1. The van der Waals surface area contributed by atoms with Gasteiger partial charge in [-0.2, -0.15) is 0 Å². The van der Waals surface area contributed by atoms with Crippen LogP contribution in [0.3, 0.4) is 0 Å². The third kappa shape index (κ3) is 1.55. The summed E-state index contributed by atoms with van der Waals surface area (Å²) in [5.74, 6) is 0.286. The summed E-state index contributed by atoms with van der Waals surface area (Å²) in [5.41, 5.74) is 2.62. The second-order valence-electron chi connectivity index (χ2n) is 5.42. The van der Waals surface area contributed by atoms with Gasteiger partial charge in [0.05, 0.1) is 5.41 Å². The smallest absolute Gasteiger partial charge is 0.235 e. The van der Waals surface area contributed by atoms with Crippen LogP contribution in [0.1, 0.15) is 23.5 Å². The van der Waals surface area contributed by atoms with Crippen molar-refractivity contribution in [3.63, 3.8) is 0 Å². The number of nitrogens with one attached hydrogen (secondary N) is 1. The highest BCUT2D eigenvalue weighted by Gasteiger charge is 2.65. The first-order valence-electron chi connectivity index (χ1n) is 6.48. The topological polar surface area (TPSA) is 29.1 Å². The first kappa shape index (κ1) is 12.2. The van der Waals surface area contributed by atoms with Gasteiger partial charge in [-0.05, 0) is 47.9 Å². The monoisotopic (exact) mass is 303 g/mol. The molecule has 2 aromatic carbocycles. The van der Waals surface area contributed by atoms with Gasteiger partial charge in [0.1, 0.15) is 0 Å². The number of carbonyl (C=O) groups is 1. The van der Waals surface area contributed by atoms with E-state index in [0.717, 1.165) is 23.2 Å². The summed E-state index contributed by atoms with van der Waals surface area (Å²) in [7, 11) is 0. The van der Waals surface area contributed by atoms with Crippen molar-refractivity contribution in [3.05, 3.63) is 63.6 Å². The van der Waals surface area contributed by atoms with Gasteiger partial charge in [-0.25, -0.2) is 0 Å². The average Bonchev–Trinajstić information content (AvgIpc) is 3.12. The Morgan fingerprint density at radius 3 is 2.50 bits per heavy atom. The Balaban J connectivity index is 1.79. The Kier molecular flexibility index (Phi) is 2.45. The van der Waals surface area contributed by atoms with Gasteiger partial charge in [-0.15, -0.1) is 0 Å². The van der Waals surface area contributed by atoms with Crippen molar-refractivity contribution in [1.29, 1.82) is 0 Å². The van der Waals surface area contributed by atoms with Crippen LogP contribution in [0.5, 0.6) is 0 Å². The summed E-state index contributed by atoms with van der Waals surface area (Å²) in [5, 5.41) is 4.34. The molecule has 2 aliphatic rings. The van der Waals surface area contributed by atoms with Crippen molar-refractivity contribution in [2.45, 2.75) is 17.8 Å². The van der Waals surface area contributed by atoms with Crippen LogP contribution in [0.25, 0.3) is 0 Å². The molecule has 4 rings (SSSR count). The van der Waals surface area contributed by atoms with Crippen LogP contribution < -0.4 is 5.32 Å². The van der Waals surface area contributed by atoms with E-state index in [-0.39, 0.29) is 11.8 Å². The molecule has 1 N–H and O–H groups in total. The van der Waals surface area contributed by atoms with E-state index in [0.29, 0.717) is 10.0 Å². The Labute approximate surface area is 126 Å². The van der Waals surface area contributed by atoms with Gasteiger partial charge in [0, 0.05) is 21.7 Å². The van der Waals surface area contributed by atoms with E-state index in [9.17, 15) is 4.79 Å². The number of anilines is 1. The van der Waals surface area contributed by atoms with Crippen LogP contribution in [0, 0.1) is 0 Å². The zero-order chi connectivity index (χ0) is 13.9. The molecule has 1 amide bonds. The fourth-order valence-electron chi connectivity index (χ4n) is 3.26. The molecule has 2 nitrogen and oxygen atoms in total. The minimum atomic E-state index is -0.436. The summed E-state index contributed by atoms with van der Waals surface area (Å²) in [4.78, 5) is 12.4. The van der Waals surface area contributed by atoms with Crippen molar-refractivity contribution in [2.24, 2.45) is 0 Å². The molecule has 2 aromatic rings. The van der Waals surface area contributed by atoms with E-state index < -0.39 is 5.41 Å². The summed E-state index contributed by atoms with van der Waals surface area (Å²) in [6.07, 6.45) is 0.827. The van der Waals surface area contributed by atoms with Crippen LogP contribution in [0.4, 0.5) is 5.69 Å². The van der Waals surface area contributed by atoms with Crippen LogP contribution in [0.15, 0.2) is 42.5 Å². The zero-order valence-corrected chi connectivity index (χ0v) is 12.0. The van der Waals surface area contributed by atoms with Crippen molar-refractivity contribution >= 4 is 34.8 Å². The number of fused-ring (bicyclic) bond motifs is 2. The maximum absolute atomic E-state index is 12.4. The maximum Gasteiger partial charge on any atom is 0.235 e. The van der Waals surface area contributed by atoms with Gasteiger partial charge in [0.2, 0.25) is 5.91 Å².